The molecule has 0 bridgehead atoms. The summed E-state index contributed by atoms with van der Waals surface area (Å²) in [4.78, 5) is 15.8. The molecule has 1 aliphatic heterocycles. The van der Waals surface area contributed by atoms with Gasteiger partial charge in [-0.3, -0.25) is 14.6 Å². The van der Waals surface area contributed by atoms with Crippen LogP contribution in [0.25, 0.3) is 0 Å². The summed E-state index contributed by atoms with van der Waals surface area (Å²) in [6.45, 7) is 9.36. The third-order valence-electron chi connectivity index (χ3n) is 5.40. The minimum Gasteiger partial charge on any atom is -0.481 e. The predicted molar refractivity (Wildman–Crippen MR) is 82.3 cm³/mol. The van der Waals surface area contributed by atoms with Gasteiger partial charge in [0.15, 0.2) is 0 Å². The number of carboxylic acids is 1. The maximum absolute atomic E-state index is 11.0. The first-order valence-electron chi connectivity index (χ1n) is 8.35. The SMILES string of the molecule is CCC(C)N1CCN(CC2(O)CCC(C(=O)O)CC2)CC1. The smallest absolute Gasteiger partial charge is 0.306 e. The molecule has 0 radical (unpaired) electrons. The van der Waals surface area contributed by atoms with E-state index in [4.69, 9.17) is 5.11 Å². The lowest BCUT2D eigenvalue weighted by Crippen LogP contribution is -2.54. The van der Waals surface area contributed by atoms with E-state index in [1.54, 1.807) is 0 Å². The minimum absolute atomic E-state index is 0.257. The van der Waals surface area contributed by atoms with Gasteiger partial charge in [0.2, 0.25) is 0 Å². The number of β-amino-alcohol motifs (C(OH)–C–C–N with tert-alkyl or cyclic N) is 1. The van der Waals surface area contributed by atoms with Crippen LogP contribution in [0.3, 0.4) is 0 Å². The number of aliphatic hydroxyl groups is 1. The lowest BCUT2D eigenvalue weighted by molar-refractivity contribution is -0.145. The van der Waals surface area contributed by atoms with Crippen LogP contribution in [0.5, 0.6) is 0 Å². The molecule has 21 heavy (non-hydrogen) atoms. The number of rotatable bonds is 5. The van der Waals surface area contributed by atoms with Crippen molar-refractivity contribution >= 4 is 5.97 Å². The maximum Gasteiger partial charge on any atom is 0.306 e. The highest BCUT2D eigenvalue weighted by atomic mass is 16.4. The molecule has 2 fully saturated rings. The van der Waals surface area contributed by atoms with Gasteiger partial charge in [-0.1, -0.05) is 6.92 Å². The van der Waals surface area contributed by atoms with Gasteiger partial charge >= 0.3 is 5.97 Å². The van der Waals surface area contributed by atoms with Gasteiger partial charge in [-0.2, -0.15) is 0 Å². The Morgan fingerprint density at radius 1 is 1.24 bits per heavy atom. The van der Waals surface area contributed by atoms with Crippen molar-refractivity contribution in [3.05, 3.63) is 0 Å². The third kappa shape index (κ3) is 4.41. The average Bonchev–Trinajstić information content (AvgIpc) is 2.47. The summed E-state index contributed by atoms with van der Waals surface area (Å²) in [5.41, 5.74) is -0.676. The second-order valence-electron chi connectivity index (χ2n) is 6.91. The maximum atomic E-state index is 11.0. The van der Waals surface area contributed by atoms with Gasteiger partial charge in [0.1, 0.15) is 0 Å². The molecule has 1 saturated carbocycles. The highest BCUT2D eigenvalue weighted by molar-refractivity contribution is 5.70. The molecule has 0 amide bonds. The molecule has 5 heteroatoms. The summed E-state index contributed by atoms with van der Waals surface area (Å²) in [6.07, 6.45) is 3.64. The van der Waals surface area contributed by atoms with Crippen molar-refractivity contribution < 1.29 is 15.0 Å². The van der Waals surface area contributed by atoms with Crippen molar-refractivity contribution in [3.63, 3.8) is 0 Å². The molecule has 1 unspecified atom stereocenters. The van der Waals surface area contributed by atoms with Crippen molar-refractivity contribution in [2.75, 3.05) is 32.7 Å². The largest absolute Gasteiger partial charge is 0.481 e. The lowest BCUT2D eigenvalue weighted by atomic mass is 9.78. The lowest BCUT2D eigenvalue weighted by Gasteiger charge is -2.43. The van der Waals surface area contributed by atoms with Crippen LogP contribution in [0.4, 0.5) is 0 Å². The Kier molecular flexibility index (Phi) is 5.63. The van der Waals surface area contributed by atoms with Crippen molar-refractivity contribution in [1.29, 1.82) is 0 Å². The fraction of sp³-hybridized carbons (Fsp3) is 0.938. The van der Waals surface area contributed by atoms with Crippen molar-refractivity contribution in [1.82, 2.24) is 9.80 Å². The number of carbonyl (C=O) groups is 1. The van der Waals surface area contributed by atoms with E-state index in [1.807, 2.05) is 0 Å². The second kappa shape index (κ2) is 7.07. The van der Waals surface area contributed by atoms with Gasteiger partial charge in [-0.25, -0.2) is 0 Å². The first kappa shape index (κ1) is 16.7. The average molecular weight is 298 g/mol. The van der Waals surface area contributed by atoms with Gasteiger partial charge in [0.05, 0.1) is 11.5 Å². The van der Waals surface area contributed by atoms with Crippen molar-refractivity contribution in [3.8, 4) is 0 Å². The van der Waals surface area contributed by atoms with E-state index < -0.39 is 11.6 Å². The van der Waals surface area contributed by atoms with Gasteiger partial charge < -0.3 is 10.2 Å². The van der Waals surface area contributed by atoms with E-state index >= 15 is 0 Å². The quantitative estimate of drug-likeness (QED) is 0.803. The van der Waals surface area contributed by atoms with E-state index in [2.05, 4.69) is 23.6 Å². The molecule has 122 valence electrons. The Bertz CT molecular complexity index is 345. The molecule has 1 atom stereocenters. The molecule has 2 rings (SSSR count). The Labute approximate surface area is 127 Å². The number of nitrogens with zero attached hydrogens (tertiary/aromatic N) is 2. The van der Waals surface area contributed by atoms with Crippen LogP contribution in [0.15, 0.2) is 0 Å². The Balaban J connectivity index is 1.77. The second-order valence-corrected chi connectivity index (χ2v) is 6.91. The number of aliphatic carboxylic acids is 1. The molecule has 2 N–H and O–H groups in total. The monoisotopic (exact) mass is 298 g/mol. The summed E-state index contributed by atoms with van der Waals surface area (Å²) in [5.74, 6) is -0.966. The van der Waals surface area contributed by atoms with Crippen LogP contribution in [0.1, 0.15) is 46.0 Å². The normalized spacial score (nSPS) is 33.8. The predicted octanol–water partition coefficient (Wildman–Crippen LogP) is 1.41. The fourth-order valence-electron chi connectivity index (χ4n) is 3.60. The van der Waals surface area contributed by atoms with Gasteiger partial charge in [0.25, 0.3) is 0 Å². The van der Waals surface area contributed by atoms with Gasteiger partial charge in [-0.05, 0) is 39.0 Å². The molecule has 0 aromatic carbocycles. The van der Waals surface area contributed by atoms with Crippen LogP contribution >= 0.6 is 0 Å². The van der Waals surface area contributed by atoms with Crippen molar-refractivity contribution in [2.24, 2.45) is 5.92 Å². The third-order valence-corrected chi connectivity index (χ3v) is 5.40. The Hall–Kier alpha value is -0.650. The molecule has 0 spiro atoms. The minimum atomic E-state index is -0.709. The molecular formula is C16H30N2O3. The Morgan fingerprint density at radius 2 is 1.81 bits per heavy atom. The van der Waals surface area contributed by atoms with Gasteiger partial charge in [0, 0.05) is 38.8 Å². The van der Waals surface area contributed by atoms with E-state index in [0.29, 0.717) is 38.3 Å². The highest BCUT2D eigenvalue weighted by Gasteiger charge is 2.37. The summed E-state index contributed by atoms with van der Waals surface area (Å²) >= 11 is 0. The van der Waals surface area contributed by atoms with E-state index in [0.717, 1.165) is 26.2 Å². The molecule has 2 aliphatic rings. The molecule has 0 aromatic rings. The molecule has 1 heterocycles. The zero-order chi connectivity index (χ0) is 15.5. The first-order valence-corrected chi connectivity index (χ1v) is 8.35. The first-order chi connectivity index (χ1) is 9.93. The summed E-state index contributed by atoms with van der Waals surface area (Å²) in [7, 11) is 0. The van der Waals surface area contributed by atoms with Crippen LogP contribution in [0, 0.1) is 5.92 Å². The summed E-state index contributed by atoms with van der Waals surface area (Å²) in [6, 6.07) is 0.640. The number of hydrogen-bond acceptors (Lipinski definition) is 4. The number of carboxylic acid groups (broad SMARTS) is 1. The molecule has 0 aromatic heterocycles. The summed E-state index contributed by atoms with van der Waals surface area (Å²) in [5, 5.41) is 19.7. The molecule has 1 saturated heterocycles. The zero-order valence-corrected chi connectivity index (χ0v) is 13.4. The molecular weight excluding hydrogens is 268 g/mol. The van der Waals surface area contributed by atoms with Gasteiger partial charge in [-0.15, -0.1) is 0 Å². The van der Waals surface area contributed by atoms with Crippen LogP contribution in [0.2, 0.25) is 0 Å². The zero-order valence-electron chi connectivity index (χ0n) is 13.4. The fourth-order valence-corrected chi connectivity index (χ4v) is 3.60. The van der Waals surface area contributed by atoms with E-state index in [-0.39, 0.29) is 5.92 Å². The standard InChI is InChI=1S/C16H30N2O3/c1-3-13(2)18-10-8-17(9-11-18)12-16(21)6-4-14(5-7-16)15(19)20/h13-14,21H,3-12H2,1-2H3,(H,19,20). The summed E-state index contributed by atoms with van der Waals surface area (Å²) < 4.78 is 0. The van der Waals surface area contributed by atoms with Crippen LogP contribution in [-0.2, 0) is 4.79 Å². The van der Waals surface area contributed by atoms with Crippen molar-refractivity contribution in [2.45, 2.75) is 57.6 Å². The topological polar surface area (TPSA) is 64.0 Å². The number of piperazine rings is 1. The van der Waals surface area contributed by atoms with E-state index in [9.17, 15) is 9.90 Å². The number of hydrogen-bond donors (Lipinski definition) is 2. The highest BCUT2D eigenvalue weighted by Crippen LogP contribution is 2.33. The molecule has 5 nitrogen and oxygen atoms in total. The van der Waals surface area contributed by atoms with E-state index in [1.165, 1.54) is 6.42 Å². The van der Waals surface area contributed by atoms with Crippen LogP contribution < -0.4 is 0 Å². The van der Waals surface area contributed by atoms with Crippen LogP contribution in [-0.4, -0.2) is 70.3 Å². The Morgan fingerprint density at radius 3 is 2.29 bits per heavy atom. The molecule has 1 aliphatic carbocycles.